The molecule has 3 aromatic heterocycles. The van der Waals surface area contributed by atoms with Crippen molar-refractivity contribution < 1.29 is 9.32 Å². The van der Waals surface area contributed by atoms with E-state index in [2.05, 4.69) is 20.4 Å². The third kappa shape index (κ3) is 3.76. The molecule has 0 spiro atoms. The standard InChI is InChI=1S/C21H21N5O3S/c1-11(2)23-15(27)9-26-10-22-20-16(21(26)28)13(4)17(30-20)19-24-18(25-29-19)14-7-5-6-12(3)8-14/h5-8,10-11H,9H2,1-4H3,(H,23,27). The van der Waals surface area contributed by atoms with E-state index < -0.39 is 0 Å². The number of hydrogen-bond donors (Lipinski definition) is 1. The van der Waals surface area contributed by atoms with Gasteiger partial charge in [0.25, 0.3) is 11.4 Å². The fourth-order valence-corrected chi connectivity index (χ4v) is 4.28. The average Bonchev–Trinajstić information content (AvgIpc) is 3.29. The predicted octanol–water partition coefficient (Wildman–Crippen LogP) is 3.32. The number of nitrogens with zero attached hydrogens (tertiary/aromatic N) is 4. The lowest BCUT2D eigenvalue weighted by Gasteiger charge is -2.09. The Kier molecular flexibility index (Phi) is 5.21. The quantitative estimate of drug-likeness (QED) is 0.528. The molecule has 0 saturated heterocycles. The first kappa shape index (κ1) is 20.0. The maximum absolute atomic E-state index is 13.0. The summed E-state index contributed by atoms with van der Waals surface area (Å²) in [6.07, 6.45) is 1.40. The van der Waals surface area contributed by atoms with Gasteiger partial charge in [-0.3, -0.25) is 14.2 Å². The van der Waals surface area contributed by atoms with E-state index in [-0.39, 0.29) is 24.1 Å². The van der Waals surface area contributed by atoms with E-state index in [1.54, 1.807) is 0 Å². The normalized spacial score (nSPS) is 11.4. The molecule has 1 N–H and O–H groups in total. The van der Waals surface area contributed by atoms with Gasteiger partial charge in [-0.15, -0.1) is 11.3 Å². The van der Waals surface area contributed by atoms with Crippen molar-refractivity contribution in [2.45, 2.75) is 40.3 Å². The number of nitrogens with one attached hydrogen (secondary N) is 1. The molecule has 1 aromatic carbocycles. The van der Waals surface area contributed by atoms with Crippen molar-refractivity contribution in [1.29, 1.82) is 0 Å². The molecule has 8 nitrogen and oxygen atoms in total. The second-order valence-corrected chi connectivity index (χ2v) is 8.43. The van der Waals surface area contributed by atoms with Crippen LogP contribution in [-0.4, -0.2) is 31.6 Å². The van der Waals surface area contributed by atoms with Crippen LogP contribution in [0.15, 0.2) is 39.9 Å². The highest BCUT2D eigenvalue weighted by Gasteiger charge is 2.21. The number of rotatable bonds is 5. The number of benzene rings is 1. The van der Waals surface area contributed by atoms with Crippen molar-refractivity contribution in [2.24, 2.45) is 0 Å². The van der Waals surface area contributed by atoms with Gasteiger partial charge in [0, 0.05) is 11.6 Å². The summed E-state index contributed by atoms with van der Waals surface area (Å²) in [5.41, 5.74) is 2.41. The summed E-state index contributed by atoms with van der Waals surface area (Å²) in [4.78, 5) is 35.2. The molecule has 1 amide bonds. The lowest BCUT2D eigenvalue weighted by molar-refractivity contribution is -0.122. The fourth-order valence-electron chi connectivity index (χ4n) is 3.22. The molecule has 4 aromatic rings. The summed E-state index contributed by atoms with van der Waals surface area (Å²) in [6, 6.07) is 7.84. The van der Waals surface area contributed by atoms with Gasteiger partial charge in [-0.25, -0.2) is 4.98 Å². The summed E-state index contributed by atoms with van der Waals surface area (Å²) in [7, 11) is 0. The smallest absolute Gasteiger partial charge is 0.268 e. The van der Waals surface area contributed by atoms with Crippen molar-refractivity contribution >= 4 is 27.5 Å². The molecule has 0 saturated carbocycles. The molecule has 4 rings (SSSR count). The van der Waals surface area contributed by atoms with Crippen LogP contribution in [0.1, 0.15) is 25.0 Å². The fraction of sp³-hybridized carbons (Fsp3) is 0.286. The Balaban J connectivity index is 1.72. The van der Waals surface area contributed by atoms with E-state index in [0.29, 0.717) is 32.4 Å². The second kappa shape index (κ2) is 7.83. The van der Waals surface area contributed by atoms with Crippen LogP contribution < -0.4 is 10.9 Å². The minimum atomic E-state index is -0.266. The Bertz CT molecular complexity index is 1300. The summed E-state index contributed by atoms with van der Waals surface area (Å²) >= 11 is 1.32. The van der Waals surface area contributed by atoms with Crippen molar-refractivity contribution in [1.82, 2.24) is 25.0 Å². The van der Waals surface area contributed by atoms with Crippen LogP contribution in [0.5, 0.6) is 0 Å². The number of fused-ring (bicyclic) bond motifs is 1. The molecule has 0 bridgehead atoms. The van der Waals surface area contributed by atoms with Crippen molar-refractivity contribution in [3.05, 3.63) is 52.1 Å². The molecule has 0 atom stereocenters. The summed E-state index contributed by atoms with van der Waals surface area (Å²) in [5.74, 6) is 0.595. The Morgan fingerprint density at radius 3 is 2.83 bits per heavy atom. The van der Waals surface area contributed by atoms with Crippen LogP contribution >= 0.6 is 11.3 Å². The number of aromatic nitrogens is 4. The van der Waals surface area contributed by atoms with Gasteiger partial charge in [-0.2, -0.15) is 4.98 Å². The largest absolute Gasteiger partial charge is 0.352 e. The van der Waals surface area contributed by atoms with Gasteiger partial charge in [-0.05, 0) is 39.3 Å². The number of carbonyl (C=O) groups excluding carboxylic acids is 1. The molecule has 9 heteroatoms. The van der Waals surface area contributed by atoms with Crippen LogP contribution in [-0.2, 0) is 11.3 Å². The van der Waals surface area contributed by atoms with Crippen LogP contribution in [0.25, 0.3) is 32.4 Å². The van der Waals surface area contributed by atoms with E-state index in [0.717, 1.165) is 11.1 Å². The number of hydrogen-bond acceptors (Lipinski definition) is 7. The molecular weight excluding hydrogens is 402 g/mol. The van der Waals surface area contributed by atoms with Gasteiger partial charge in [0.2, 0.25) is 11.7 Å². The minimum absolute atomic E-state index is 0.000460. The van der Waals surface area contributed by atoms with E-state index >= 15 is 0 Å². The predicted molar refractivity (Wildman–Crippen MR) is 115 cm³/mol. The molecule has 3 heterocycles. The van der Waals surface area contributed by atoms with Gasteiger partial charge in [0.1, 0.15) is 11.4 Å². The van der Waals surface area contributed by atoms with Gasteiger partial charge < -0.3 is 9.84 Å². The zero-order chi connectivity index (χ0) is 21.4. The molecule has 0 aliphatic carbocycles. The number of thiophene rings is 1. The van der Waals surface area contributed by atoms with E-state index in [9.17, 15) is 9.59 Å². The number of carbonyl (C=O) groups is 1. The Labute approximate surface area is 176 Å². The van der Waals surface area contributed by atoms with Crippen LogP contribution in [0.4, 0.5) is 0 Å². The third-order valence-electron chi connectivity index (χ3n) is 4.58. The molecule has 154 valence electrons. The molecule has 0 aliphatic heterocycles. The highest BCUT2D eigenvalue weighted by Crippen LogP contribution is 2.35. The second-order valence-electron chi connectivity index (χ2n) is 7.43. The molecule has 0 radical (unpaired) electrons. The van der Waals surface area contributed by atoms with Crippen molar-refractivity contribution in [2.75, 3.05) is 0 Å². The Morgan fingerprint density at radius 1 is 1.30 bits per heavy atom. The van der Waals surface area contributed by atoms with E-state index in [1.807, 2.05) is 52.0 Å². The third-order valence-corrected chi connectivity index (χ3v) is 5.77. The van der Waals surface area contributed by atoms with Crippen LogP contribution in [0.2, 0.25) is 0 Å². The minimum Gasteiger partial charge on any atom is -0.352 e. The van der Waals surface area contributed by atoms with Crippen molar-refractivity contribution in [3.8, 4) is 22.2 Å². The highest BCUT2D eigenvalue weighted by atomic mass is 32.1. The van der Waals surface area contributed by atoms with E-state index in [1.165, 1.54) is 22.2 Å². The monoisotopic (exact) mass is 423 g/mol. The summed E-state index contributed by atoms with van der Waals surface area (Å²) < 4.78 is 6.80. The first-order valence-corrected chi connectivity index (χ1v) is 10.3. The van der Waals surface area contributed by atoms with Crippen molar-refractivity contribution in [3.63, 3.8) is 0 Å². The van der Waals surface area contributed by atoms with E-state index in [4.69, 9.17) is 4.52 Å². The lowest BCUT2D eigenvalue weighted by atomic mass is 10.1. The zero-order valence-corrected chi connectivity index (χ0v) is 17.9. The maximum atomic E-state index is 13.0. The van der Waals surface area contributed by atoms with Gasteiger partial charge in [0.15, 0.2) is 0 Å². The number of aryl methyl sites for hydroxylation is 2. The van der Waals surface area contributed by atoms with Gasteiger partial charge in [0.05, 0.1) is 16.6 Å². The summed E-state index contributed by atoms with van der Waals surface area (Å²) in [5, 5.41) is 7.33. The Morgan fingerprint density at radius 2 is 2.10 bits per heavy atom. The zero-order valence-electron chi connectivity index (χ0n) is 17.1. The molecule has 0 aliphatic rings. The molecule has 0 fully saturated rings. The topological polar surface area (TPSA) is 103 Å². The first-order chi connectivity index (χ1) is 14.3. The van der Waals surface area contributed by atoms with Gasteiger partial charge >= 0.3 is 0 Å². The molecular formula is C21H21N5O3S. The SMILES string of the molecule is Cc1cccc(-c2noc(-c3sc4ncn(CC(=O)NC(C)C)c(=O)c4c3C)n2)c1. The maximum Gasteiger partial charge on any atom is 0.268 e. The summed E-state index contributed by atoms with van der Waals surface area (Å²) in [6.45, 7) is 7.48. The first-order valence-electron chi connectivity index (χ1n) is 9.52. The number of amides is 1. The average molecular weight is 423 g/mol. The van der Waals surface area contributed by atoms with Gasteiger partial charge in [-0.1, -0.05) is 28.9 Å². The lowest BCUT2D eigenvalue weighted by Crippen LogP contribution is -2.36. The molecule has 0 unspecified atom stereocenters. The van der Waals surface area contributed by atoms with Crippen LogP contribution in [0, 0.1) is 13.8 Å². The highest BCUT2D eigenvalue weighted by molar-refractivity contribution is 7.22. The van der Waals surface area contributed by atoms with Crippen LogP contribution in [0.3, 0.4) is 0 Å². The molecule has 30 heavy (non-hydrogen) atoms. The Hall–Kier alpha value is -3.33.